The van der Waals surface area contributed by atoms with Gasteiger partial charge < -0.3 is 20.4 Å². The Morgan fingerprint density at radius 2 is 1.23 bits per heavy atom. The van der Waals surface area contributed by atoms with Crippen molar-refractivity contribution in [1.82, 2.24) is 0 Å². The highest BCUT2D eigenvalue weighted by Gasteiger charge is 1.99. The minimum Gasteiger partial charge on any atom is -0.396 e. The third-order valence-corrected chi connectivity index (χ3v) is 1.79. The van der Waals surface area contributed by atoms with Crippen molar-refractivity contribution in [2.45, 2.75) is 39.4 Å². The van der Waals surface area contributed by atoms with Gasteiger partial charge in [-0.15, -0.1) is 0 Å². The lowest BCUT2D eigenvalue weighted by Gasteiger charge is -2.03. The summed E-state index contributed by atoms with van der Waals surface area (Å²) in [6.45, 7) is 5.24. The summed E-state index contributed by atoms with van der Waals surface area (Å²) in [6, 6.07) is 0. The average molecular weight is 194 g/mol. The van der Waals surface area contributed by atoms with Crippen molar-refractivity contribution < 1.29 is 20.4 Å². The van der Waals surface area contributed by atoms with Crippen molar-refractivity contribution in [3.63, 3.8) is 0 Å². The first-order valence-corrected chi connectivity index (χ1v) is 4.57. The lowest BCUT2D eigenvalue weighted by atomic mass is 10.1. The molecule has 0 aromatic rings. The summed E-state index contributed by atoms with van der Waals surface area (Å²) in [5, 5.41) is 33.5. The van der Waals surface area contributed by atoms with Crippen LogP contribution >= 0.6 is 0 Å². The average Bonchev–Trinajstić information content (AvgIpc) is 2.08. The molecule has 0 aromatic carbocycles. The second kappa shape index (κ2) is 9.92. The zero-order chi connectivity index (χ0) is 10.9. The zero-order valence-corrected chi connectivity index (χ0v) is 8.64. The molecule has 13 heavy (non-hydrogen) atoms. The highest BCUT2D eigenvalue weighted by molar-refractivity contribution is 4.51. The van der Waals surface area contributed by atoms with E-state index in [9.17, 15) is 0 Å². The summed E-state index contributed by atoms with van der Waals surface area (Å²) in [6.07, 6.45) is -0.331. The smallest absolute Gasteiger partial charge is 0.0768 e. The van der Waals surface area contributed by atoms with E-state index in [1.807, 2.05) is 6.92 Å². The molecule has 2 unspecified atom stereocenters. The summed E-state index contributed by atoms with van der Waals surface area (Å²) in [7, 11) is 0. The van der Waals surface area contributed by atoms with Gasteiger partial charge in [0.15, 0.2) is 0 Å². The first kappa shape index (κ1) is 15.3. The van der Waals surface area contributed by atoms with Gasteiger partial charge in [0.2, 0.25) is 0 Å². The molecule has 0 saturated carbocycles. The van der Waals surface area contributed by atoms with Crippen molar-refractivity contribution >= 4 is 0 Å². The second-order valence-electron chi connectivity index (χ2n) is 3.12. The fraction of sp³-hybridized carbons (Fsp3) is 1.00. The highest BCUT2D eigenvalue weighted by atomic mass is 16.3. The van der Waals surface area contributed by atoms with Crippen molar-refractivity contribution in [2.75, 3.05) is 13.2 Å². The first-order chi connectivity index (χ1) is 5.99. The van der Waals surface area contributed by atoms with Crippen molar-refractivity contribution in [3.8, 4) is 0 Å². The maximum atomic E-state index is 8.38. The molecule has 0 saturated heterocycles. The molecule has 0 aliphatic heterocycles. The van der Waals surface area contributed by atoms with Crippen LogP contribution in [0.15, 0.2) is 0 Å². The van der Waals surface area contributed by atoms with Crippen LogP contribution in [-0.4, -0.2) is 45.8 Å². The number of hydrogen-bond acceptors (Lipinski definition) is 4. The van der Waals surface area contributed by atoms with Gasteiger partial charge in [-0.05, 0) is 20.3 Å². The van der Waals surface area contributed by atoms with Gasteiger partial charge in [-0.3, -0.25) is 0 Å². The fourth-order valence-electron chi connectivity index (χ4n) is 0.316. The Morgan fingerprint density at radius 3 is 1.23 bits per heavy atom. The van der Waals surface area contributed by atoms with Crippen LogP contribution < -0.4 is 0 Å². The van der Waals surface area contributed by atoms with Crippen LogP contribution in [0.5, 0.6) is 0 Å². The summed E-state index contributed by atoms with van der Waals surface area (Å²) in [4.78, 5) is 0. The van der Waals surface area contributed by atoms with Crippen LogP contribution in [0, 0.1) is 5.92 Å². The van der Waals surface area contributed by atoms with Crippen molar-refractivity contribution in [1.29, 1.82) is 0 Å². The molecule has 0 aliphatic carbocycles. The van der Waals surface area contributed by atoms with Gasteiger partial charge in [-0.1, -0.05) is 6.92 Å². The van der Waals surface area contributed by atoms with Crippen LogP contribution in [-0.2, 0) is 0 Å². The molecule has 0 fully saturated rings. The molecule has 0 radical (unpaired) electrons. The van der Waals surface area contributed by atoms with E-state index in [-0.39, 0.29) is 19.1 Å². The molecule has 4 N–H and O–H groups in total. The molecule has 2 atom stereocenters. The fourth-order valence-corrected chi connectivity index (χ4v) is 0.316. The molecule has 4 nitrogen and oxygen atoms in total. The summed E-state index contributed by atoms with van der Waals surface area (Å²) < 4.78 is 0. The van der Waals surface area contributed by atoms with E-state index in [1.54, 1.807) is 13.8 Å². The van der Waals surface area contributed by atoms with Gasteiger partial charge >= 0.3 is 0 Å². The van der Waals surface area contributed by atoms with Gasteiger partial charge in [0.1, 0.15) is 0 Å². The minimum absolute atomic E-state index is 0.0972. The van der Waals surface area contributed by atoms with Crippen LogP contribution in [0.2, 0.25) is 0 Å². The normalized spacial score (nSPS) is 14.8. The SMILES string of the molecule is CC(O)C(C)O.CCC(CO)CO. The minimum atomic E-state index is -0.593. The summed E-state index contributed by atoms with van der Waals surface area (Å²) in [5.74, 6) is 0.0972. The summed E-state index contributed by atoms with van der Waals surface area (Å²) in [5.41, 5.74) is 0. The lowest BCUT2D eigenvalue weighted by molar-refractivity contribution is 0.0438. The van der Waals surface area contributed by atoms with E-state index in [2.05, 4.69) is 0 Å². The standard InChI is InChI=1S/C5H12O2.C4H10O2/c1-2-5(3-6)4-7;1-3(5)4(2)6/h5-7H,2-4H2,1H3;3-6H,1-2H3. The number of rotatable bonds is 4. The Morgan fingerprint density at radius 1 is 0.923 bits per heavy atom. The number of hydrogen-bond donors (Lipinski definition) is 4. The van der Waals surface area contributed by atoms with Crippen molar-refractivity contribution in [3.05, 3.63) is 0 Å². The predicted octanol–water partition coefficient (Wildman–Crippen LogP) is -0.255. The molecule has 0 rings (SSSR count). The van der Waals surface area contributed by atoms with Crippen LogP contribution in [0.3, 0.4) is 0 Å². The van der Waals surface area contributed by atoms with Crippen molar-refractivity contribution in [2.24, 2.45) is 5.92 Å². The van der Waals surface area contributed by atoms with Crippen LogP contribution in [0.1, 0.15) is 27.2 Å². The molecule has 4 heteroatoms. The Hall–Kier alpha value is -0.160. The number of aliphatic hydroxyl groups excluding tert-OH is 4. The molecular weight excluding hydrogens is 172 g/mol. The Kier molecular flexibility index (Phi) is 11.7. The Labute approximate surface area is 79.8 Å². The van der Waals surface area contributed by atoms with Gasteiger partial charge in [0.05, 0.1) is 12.2 Å². The Bertz CT molecular complexity index is 78.1. The molecule has 0 aromatic heterocycles. The highest BCUT2D eigenvalue weighted by Crippen LogP contribution is 1.96. The molecule has 82 valence electrons. The van der Waals surface area contributed by atoms with E-state index < -0.39 is 12.2 Å². The lowest BCUT2D eigenvalue weighted by Crippen LogP contribution is -2.17. The first-order valence-electron chi connectivity index (χ1n) is 4.57. The van der Waals surface area contributed by atoms with E-state index in [1.165, 1.54) is 0 Å². The van der Waals surface area contributed by atoms with Gasteiger partial charge in [0.25, 0.3) is 0 Å². The summed E-state index contributed by atoms with van der Waals surface area (Å²) >= 11 is 0. The monoisotopic (exact) mass is 194 g/mol. The van der Waals surface area contributed by atoms with E-state index in [4.69, 9.17) is 20.4 Å². The van der Waals surface area contributed by atoms with Crippen LogP contribution in [0.4, 0.5) is 0 Å². The molecular formula is C9H22O4. The maximum Gasteiger partial charge on any atom is 0.0768 e. The van der Waals surface area contributed by atoms with E-state index >= 15 is 0 Å². The molecule has 0 spiro atoms. The second-order valence-corrected chi connectivity index (χ2v) is 3.12. The zero-order valence-electron chi connectivity index (χ0n) is 8.64. The third-order valence-electron chi connectivity index (χ3n) is 1.79. The molecule has 0 heterocycles. The third kappa shape index (κ3) is 11.8. The quantitative estimate of drug-likeness (QED) is 0.497. The molecule has 0 bridgehead atoms. The topological polar surface area (TPSA) is 80.9 Å². The maximum absolute atomic E-state index is 8.38. The van der Waals surface area contributed by atoms with Gasteiger partial charge in [-0.2, -0.15) is 0 Å². The number of aliphatic hydroxyl groups is 4. The molecule has 0 amide bonds. The predicted molar refractivity (Wildman–Crippen MR) is 51.3 cm³/mol. The Balaban J connectivity index is 0. The van der Waals surface area contributed by atoms with E-state index in [0.29, 0.717) is 0 Å². The largest absolute Gasteiger partial charge is 0.396 e. The van der Waals surface area contributed by atoms with Gasteiger partial charge in [-0.25, -0.2) is 0 Å². The van der Waals surface area contributed by atoms with Gasteiger partial charge in [0, 0.05) is 19.1 Å². The molecule has 0 aliphatic rings. The van der Waals surface area contributed by atoms with Crippen LogP contribution in [0.25, 0.3) is 0 Å². The van der Waals surface area contributed by atoms with E-state index in [0.717, 1.165) is 6.42 Å².